The quantitative estimate of drug-likeness (QED) is 0.459. The highest BCUT2D eigenvalue weighted by molar-refractivity contribution is 7.86. The molecule has 9 nitrogen and oxygen atoms in total. The van der Waals surface area contributed by atoms with Gasteiger partial charge in [-0.25, -0.2) is 14.2 Å². The molecule has 0 saturated carbocycles. The number of hydrogen-bond donors (Lipinski definition) is 1. The summed E-state index contributed by atoms with van der Waals surface area (Å²) in [6.45, 7) is 2.18. The Balaban J connectivity index is 1.47. The Hall–Kier alpha value is -3.76. The summed E-state index contributed by atoms with van der Waals surface area (Å²) in [5.41, 5.74) is 3.26. The third-order valence-electron chi connectivity index (χ3n) is 5.56. The van der Waals surface area contributed by atoms with E-state index >= 15 is 0 Å². The molecule has 3 aromatic heterocycles. The van der Waals surface area contributed by atoms with Crippen LogP contribution in [0.25, 0.3) is 16.8 Å². The van der Waals surface area contributed by atoms with Crippen LogP contribution in [0.5, 0.6) is 5.88 Å². The van der Waals surface area contributed by atoms with Crippen LogP contribution in [-0.4, -0.2) is 62.8 Å². The van der Waals surface area contributed by atoms with E-state index in [0.29, 0.717) is 54.1 Å². The van der Waals surface area contributed by atoms with Crippen molar-refractivity contribution in [1.82, 2.24) is 19.3 Å². The largest absolute Gasteiger partial charge is 0.480 e. The van der Waals surface area contributed by atoms with E-state index in [1.54, 1.807) is 33.8 Å². The van der Waals surface area contributed by atoms with Crippen molar-refractivity contribution in [1.29, 1.82) is 0 Å². The van der Waals surface area contributed by atoms with Crippen molar-refractivity contribution in [2.24, 2.45) is 0 Å². The Morgan fingerprint density at radius 2 is 1.85 bits per heavy atom. The Kier molecular flexibility index (Phi) is 6.24. The fourth-order valence-electron chi connectivity index (χ4n) is 3.79. The van der Waals surface area contributed by atoms with E-state index in [1.807, 2.05) is 42.6 Å². The molecule has 34 heavy (non-hydrogen) atoms. The van der Waals surface area contributed by atoms with Crippen molar-refractivity contribution in [2.45, 2.75) is 4.90 Å². The molecule has 1 fully saturated rings. The highest BCUT2D eigenvalue weighted by Crippen LogP contribution is 2.30. The second kappa shape index (κ2) is 9.62. The van der Waals surface area contributed by atoms with Crippen LogP contribution in [0.15, 0.2) is 72.0 Å². The van der Waals surface area contributed by atoms with Crippen LogP contribution in [0.3, 0.4) is 0 Å². The summed E-state index contributed by atoms with van der Waals surface area (Å²) in [5.74, 6) is 0.251. The maximum atomic E-state index is 13.1. The number of morpholine rings is 1. The molecule has 1 aromatic carbocycles. The predicted molar refractivity (Wildman–Crippen MR) is 128 cm³/mol. The molecule has 4 heterocycles. The van der Waals surface area contributed by atoms with Crippen molar-refractivity contribution < 1.29 is 18.5 Å². The number of imidazole rings is 1. The Morgan fingerprint density at radius 1 is 1.06 bits per heavy atom. The highest BCUT2D eigenvalue weighted by atomic mass is 32.2. The molecule has 1 saturated heterocycles. The van der Waals surface area contributed by atoms with Gasteiger partial charge in [-0.2, -0.15) is 0 Å². The molecule has 10 heteroatoms. The van der Waals surface area contributed by atoms with Gasteiger partial charge in [-0.1, -0.05) is 18.2 Å². The van der Waals surface area contributed by atoms with Crippen LogP contribution >= 0.6 is 0 Å². The van der Waals surface area contributed by atoms with Crippen LogP contribution in [0, 0.1) is 0 Å². The number of aromatic nitrogens is 3. The van der Waals surface area contributed by atoms with Gasteiger partial charge >= 0.3 is 0 Å². The van der Waals surface area contributed by atoms with Gasteiger partial charge in [0.15, 0.2) is 0 Å². The maximum Gasteiger partial charge on any atom is 0.272 e. The van der Waals surface area contributed by atoms with E-state index in [1.165, 1.54) is 7.11 Å². The molecule has 0 aliphatic carbocycles. The first-order chi connectivity index (χ1) is 16.6. The SMILES string of the molecule is COc1ncc(-c2ccc3ncc(C(=O)N4CCOCC4)n3c2)cc1NS(=O)c1ccccc1. The van der Waals surface area contributed by atoms with Gasteiger partial charge in [0, 0.05) is 36.6 Å². The smallest absolute Gasteiger partial charge is 0.272 e. The van der Waals surface area contributed by atoms with Gasteiger partial charge in [0.25, 0.3) is 5.91 Å². The first-order valence-corrected chi connectivity index (χ1v) is 11.9. The van der Waals surface area contributed by atoms with Crippen LogP contribution < -0.4 is 9.46 Å². The molecule has 1 unspecified atom stereocenters. The number of rotatable bonds is 6. The molecule has 0 radical (unpaired) electrons. The molecule has 5 rings (SSSR count). The van der Waals surface area contributed by atoms with E-state index < -0.39 is 11.0 Å². The fourth-order valence-corrected chi connectivity index (χ4v) is 4.65. The molecule has 0 bridgehead atoms. The average Bonchev–Trinajstić information content (AvgIpc) is 3.32. The molecular formula is C24H23N5O4S. The van der Waals surface area contributed by atoms with Gasteiger partial charge in [0.1, 0.15) is 28.0 Å². The predicted octanol–water partition coefficient (Wildman–Crippen LogP) is 3.01. The number of anilines is 1. The van der Waals surface area contributed by atoms with Crippen LogP contribution in [0.4, 0.5) is 5.69 Å². The number of carbonyl (C=O) groups excluding carboxylic acids is 1. The van der Waals surface area contributed by atoms with Gasteiger partial charge in [0.05, 0.1) is 31.4 Å². The standard InChI is InChI=1S/C24H23N5O4S/c1-32-23-20(27-34(31)19-5-3-2-4-6-19)13-18(14-26-23)17-7-8-22-25-15-21(29(22)16-17)24(30)28-9-11-33-12-10-28/h2-8,13-16,27H,9-12H2,1H3. The summed E-state index contributed by atoms with van der Waals surface area (Å²) in [5, 5.41) is 0. The van der Waals surface area contributed by atoms with Crippen LogP contribution in [0.2, 0.25) is 0 Å². The summed E-state index contributed by atoms with van der Waals surface area (Å²) < 4.78 is 28.3. The zero-order chi connectivity index (χ0) is 23.5. The van der Waals surface area contributed by atoms with E-state index in [-0.39, 0.29) is 5.91 Å². The summed E-state index contributed by atoms with van der Waals surface area (Å²) in [7, 11) is 0.0283. The number of ether oxygens (including phenoxy) is 2. The second-order valence-electron chi connectivity index (χ2n) is 7.66. The molecule has 1 aliphatic heterocycles. The lowest BCUT2D eigenvalue weighted by Gasteiger charge is -2.26. The number of nitrogens with zero attached hydrogens (tertiary/aromatic N) is 4. The topological polar surface area (TPSA) is 98.1 Å². The van der Waals surface area contributed by atoms with E-state index in [0.717, 1.165) is 11.1 Å². The third kappa shape index (κ3) is 4.37. The number of carbonyl (C=O) groups is 1. The van der Waals surface area contributed by atoms with Gasteiger partial charge in [-0.15, -0.1) is 0 Å². The minimum Gasteiger partial charge on any atom is -0.480 e. The first kappa shape index (κ1) is 22.1. The Labute approximate surface area is 198 Å². The summed E-state index contributed by atoms with van der Waals surface area (Å²) in [4.78, 5) is 24.2. The molecule has 174 valence electrons. The number of benzene rings is 1. The number of pyridine rings is 2. The molecule has 1 atom stereocenters. The Bertz CT molecular complexity index is 1350. The fraction of sp³-hybridized carbons (Fsp3) is 0.208. The summed E-state index contributed by atoms with van der Waals surface area (Å²) >= 11 is 0. The zero-order valence-corrected chi connectivity index (χ0v) is 19.3. The van der Waals surface area contributed by atoms with Crippen molar-refractivity contribution in [3.8, 4) is 17.0 Å². The van der Waals surface area contributed by atoms with Crippen LogP contribution in [-0.2, 0) is 15.7 Å². The second-order valence-corrected chi connectivity index (χ2v) is 8.87. The number of amides is 1. The molecule has 0 spiro atoms. The average molecular weight is 478 g/mol. The molecule has 4 aromatic rings. The summed E-state index contributed by atoms with van der Waals surface area (Å²) in [6, 6.07) is 14.7. The molecule has 1 aliphatic rings. The van der Waals surface area contributed by atoms with Gasteiger partial charge < -0.3 is 14.4 Å². The maximum absolute atomic E-state index is 13.1. The summed E-state index contributed by atoms with van der Waals surface area (Å²) in [6.07, 6.45) is 5.13. The van der Waals surface area contributed by atoms with Crippen molar-refractivity contribution in [3.63, 3.8) is 0 Å². The van der Waals surface area contributed by atoms with Crippen LogP contribution in [0.1, 0.15) is 10.5 Å². The molecule has 1 N–H and O–H groups in total. The number of fused-ring (bicyclic) bond motifs is 1. The zero-order valence-electron chi connectivity index (χ0n) is 18.5. The lowest BCUT2D eigenvalue weighted by atomic mass is 10.1. The number of nitrogens with one attached hydrogen (secondary N) is 1. The first-order valence-electron chi connectivity index (χ1n) is 10.8. The lowest BCUT2D eigenvalue weighted by molar-refractivity contribution is 0.0298. The number of methoxy groups -OCH3 is 1. The minimum absolute atomic E-state index is 0.0820. The third-order valence-corrected chi connectivity index (χ3v) is 6.67. The normalized spacial score (nSPS) is 14.7. The molecular weight excluding hydrogens is 454 g/mol. The van der Waals surface area contributed by atoms with E-state index in [9.17, 15) is 9.00 Å². The van der Waals surface area contributed by atoms with E-state index in [4.69, 9.17) is 9.47 Å². The highest BCUT2D eigenvalue weighted by Gasteiger charge is 2.22. The molecule has 1 amide bonds. The van der Waals surface area contributed by atoms with Gasteiger partial charge in [-0.05, 0) is 30.3 Å². The van der Waals surface area contributed by atoms with Gasteiger partial charge in [0.2, 0.25) is 5.88 Å². The van der Waals surface area contributed by atoms with E-state index in [2.05, 4.69) is 14.7 Å². The minimum atomic E-state index is -1.49. The van der Waals surface area contributed by atoms with Crippen molar-refractivity contribution >= 4 is 28.2 Å². The van der Waals surface area contributed by atoms with Crippen molar-refractivity contribution in [3.05, 3.63) is 72.8 Å². The van der Waals surface area contributed by atoms with Gasteiger partial charge in [-0.3, -0.25) is 13.9 Å². The Morgan fingerprint density at radius 3 is 2.62 bits per heavy atom. The van der Waals surface area contributed by atoms with Crippen molar-refractivity contribution in [2.75, 3.05) is 38.1 Å². The monoisotopic (exact) mass is 477 g/mol. The lowest BCUT2D eigenvalue weighted by Crippen LogP contribution is -2.41. The number of hydrogen-bond acceptors (Lipinski definition) is 6.